The highest BCUT2D eigenvalue weighted by Crippen LogP contribution is 2.31. The minimum absolute atomic E-state index is 0.530. The second-order valence-electron chi connectivity index (χ2n) is 6.96. The van der Waals surface area contributed by atoms with Crippen molar-refractivity contribution in [2.45, 2.75) is 78.4 Å². The van der Waals surface area contributed by atoms with E-state index in [0.29, 0.717) is 6.04 Å². The predicted molar refractivity (Wildman–Crippen MR) is 93.1 cm³/mol. The molecule has 3 nitrogen and oxygen atoms in total. The number of anilines is 1. The van der Waals surface area contributed by atoms with Crippen LogP contribution in [0.4, 0.5) is 5.13 Å². The molecule has 1 saturated carbocycles. The van der Waals surface area contributed by atoms with Crippen molar-refractivity contribution in [2.24, 2.45) is 5.92 Å². The molecule has 0 atom stereocenters. The van der Waals surface area contributed by atoms with E-state index >= 15 is 0 Å². The van der Waals surface area contributed by atoms with Gasteiger partial charge in [-0.3, -0.25) is 0 Å². The Kier molecular flexibility index (Phi) is 6.49. The molecule has 0 amide bonds. The van der Waals surface area contributed by atoms with Crippen LogP contribution in [0, 0.1) is 5.92 Å². The van der Waals surface area contributed by atoms with Gasteiger partial charge < -0.3 is 10.2 Å². The predicted octanol–water partition coefficient (Wildman–Crippen LogP) is 4.44. The maximum Gasteiger partial charge on any atom is 0.185 e. The van der Waals surface area contributed by atoms with Crippen LogP contribution < -0.4 is 10.2 Å². The van der Waals surface area contributed by atoms with Gasteiger partial charge in [-0.15, -0.1) is 11.3 Å². The highest BCUT2D eigenvalue weighted by atomic mass is 32.1. The summed E-state index contributed by atoms with van der Waals surface area (Å²) in [4.78, 5) is 8.67. The fraction of sp³-hybridized carbons (Fsp3) is 0.824. The number of aromatic nitrogens is 1. The lowest BCUT2D eigenvalue weighted by Gasteiger charge is -2.29. The van der Waals surface area contributed by atoms with Crippen LogP contribution in [0.1, 0.15) is 64.7 Å². The molecule has 1 aromatic heterocycles. The number of rotatable bonds is 8. The topological polar surface area (TPSA) is 28.2 Å². The van der Waals surface area contributed by atoms with E-state index < -0.39 is 0 Å². The van der Waals surface area contributed by atoms with Gasteiger partial charge in [0.15, 0.2) is 5.13 Å². The maximum absolute atomic E-state index is 4.72. The minimum Gasteiger partial charge on any atom is -0.345 e. The van der Waals surface area contributed by atoms with Crippen LogP contribution in [0.25, 0.3) is 0 Å². The molecule has 0 saturated heterocycles. The first-order chi connectivity index (χ1) is 10.1. The quantitative estimate of drug-likeness (QED) is 0.769. The average Bonchev–Trinajstić information content (AvgIpc) is 3.08. The van der Waals surface area contributed by atoms with Crippen LogP contribution in [0.2, 0.25) is 0 Å². The Morgan fingerprint density at radius 1 is 1.29 bits per heavy atom. The second kappa shape index (κ2) is 8.14. The molecule has 0 bridgehead atoms. The van der Waals surface area contributed by atoms with E-state index in [1.165, 1.54) is 42.1 Å². The molecule has 0 spiro atoms. The zero-order chi connectivity index (χ0) is 15.2. The van der Waals surface area contributed by atoms with Crippen molar-refractivity contribution in [1.82, 2.24) is 10.3 Å². The number of hydrogen-bond acceptors (Lipinski definition) is 4. The third-order valence-corrected chi connectivity index (χ3v) is 5.22. The van der Waals surface area contributed by atoms with Crippen molar-refractivity contribution in [1.29, 1.82) is 0 Å². The third kappa shape index (κ3) is 5.26. The van der Waals surface area contributed by atoms with Gasteiger partial charge >= 0.3 is 0 Å². The van der Waals surface area contributed by atoms with Crippen molar-refractivity contribution in [3.8, 4) is 0 Å². The Bertz CT molecular complexity index is 408. The summed E-state index contributed by atoms with van der Waals surface area (Å²) in [5.41, 5.74) is 0. The molecule has 0 aromatic carbocycles. The van der Waals surface area contributed by atoms with E-state index in [0.717, 1.165) is 25.0 Å². The minimum atomic E-state index is 0.530. The van der Waals surface area contributed by atoms with Crippen LogP contribution >= 0.6 is 11.3 Å². The number of nitrogens with zero attached hydrogens (tertiary/aromatic N) is 2. The standard InChI is InChI=1S/C17H31N3S/c1-13(2)9-10-20(15-7-5-6-8-15)17-19-12-16(21-17)11-18-14(3)4/h12-15,18H,5-11H2,1-4H3. The molecule has 2 rings (SSSR count). The Hall–Kier alpha value is -0.610. The number of thiazole rings is 1. The Labute approximate surface area is 134 Å². The number of hydrogen-bond donors (Lipinski definition) is 1. The van der Waals surface area contributed by atoms with Crippen LogP contribution in [-0.4, -0.2) is 23.6 Å². The molecular formula is C17H31N3S. The summed E-state index contributed by atoms with van der Waals surface area (Å²) in [6.45, 7) is 11.1. The van der Waals surface area contributed by atoms with Crippen LogP contribution in [0.15, 0.2) is 6.20 Å². The van der Waals surface area contributed by atoms with E-state index in [-0.39, 0.29) is 0 Å². The van der Waals surface area contributed by atoms with E-state index in [1.807, 2.05) is 11.3 Å². The lowest BCUT2D eigenvalue weighted by molar-refractivity contribution is 0.528. The molecule has 1 aliphatic carbocycles. The zero-order valence-electron chi connectivity index (χ0n) is 14.1. The summed E-state index contributed by atoms with van der Waals surface area (Å²) in [6.07, 6.45) is 8.78. The molecule has 1 N–H and O–H groups in total. The Balaban J connectivity index is 2.01. The van der Waals surface area contributed by atoms with E-state index in [4.69, 9.17) is 4.98 Å². The summed E-state index contributed by atoms with van der Waals surface area (Å²) in [5.74, 6) is 0.760. The summed E-state index contributed by atoms with van der Waals surface area (Å²) in [7, 11) is 0. The Morgan fingerprint density at radius 2 is 2.00 bits per heavy atom. The van der Waals surface area contributed by atoms with Crippen molar-refractivity contribution in [3.63, 3.8) is 0 Å². The van der Waals surface area contributed by atoms with Crippen molar-refractivity contribution in [3.05, 3.63) is 11.1 Å². The second-order valence-corrected chi connectivity index (χ2v) is 8.05. The highest BCUT2D eigenvalue weighted by Gasteiger charge is 2.24. The van der Waals surface area contributed by atoms with E-state index in [9.17, 15) is 0 Å². The summed E-state index contributed by atoms with van der Waals surface area (Å²) >= 11 is 1.87. The molecule has 21 heavy (non-hydrogen) atoms. The van der Waals surface area contributed by atoms with Crippen molar-refractivity contribution in [2.75, 3.05) is 11.4 Å². The SMILES string of the molecule is CC(C)CCN(c1ncc(CNC(C)C)s1)C1CCCC1. The van der Waals surface area contributed by atoms with Gasteiger partial charge in [0, 0.05) is 36.2 Å². The largest absolute Gasteiger partial charge is 0.345 e. The lowest BCUT2D eigenvalue weighted by atomic mass is 10.1. The molecule has 0 aliphatic heterocycles. The van der Waals surface area contributed by atoms with Gasteiger partial charge in [-0.2, -0.15) is 0 Å². The van der Waals surface area contributed by atoms with Crippen LogP contribution in [0.3, 0.4) is 0 Å². The smallest absolute Gasteiger partial charge is 0.185 e. The van der Waals surface area contributed by atoms with E-state index in [2.05, 4.69) is 44.1 Å². The summed E-state index contributed by atoms with van der Waals surface area (Å²) < 4.78 is 0. The van der Waals surface area contributed by atoms with E-state index in [1.54, 1.807) is 0 Å². The number of nitrogens with one attached hydrogen (secondary N) is 1. The molecule has 0 radical (unpaired) electrons. The fourth-order valence-corrected chi connectivity index (χ4v) is 3.82. The molecular weight excluding hydrogens is 278 g/mol. The normalized spacial score (nSPS) is 16.3. The van der Waals surface area contributed by atoms with Crippen LogP contribution in [-0.2, 0) is 6.54 Å². The van der Waals surface area contributed by atoms with Gasteiger partial charge in [0.25, 0.3) is 0 Å². The highest BCUT2D eigenvalue weighted by molar-refractivity contribution is 7.15. The molecule has 120 valence electrons. The third-order valence-electron chi connectivity index (χ3n) is 4.18. The van der Waals surface area contributed by atoms with Crippen LogP contribution in [0.5, 0.6) is 0 Å². The van der Waals surface area contributed by atoms with Gasteiger partial charge in [-0.1, -0.05) is 40.5 Å². The first kappa shape index (κ1) is 16.8. The zero-order valence-corrected chi connectivity index (χ0v) is 14.9. The van der Waals surface area contributed by atoms with Gasteiger partial charge in [-0.25, -0.2) is 4.98 Å². The first-order valence-electron chi connectivity index (χ1n) is 8.51. The van der Waals surface area contributed by atoms with Gasteiger partial charge in [-0.05, 0) is 25.2 Å². The van der Waals surface area contributed by atoms with Gasteiger partial charge in [0.2, 0.25) is 0 Å². The molecule has 1 aliphatic rings. The molecule has 1 fully saturated rings. The summed E-state index contributed by atoms with van der Waals surface area (Å²) in [5, 5.41) is 4.72. The molecule has 1 heterocycles. The monoisotopic (exact) mass is 309 g/mol. The van der Waals surface area contributed by atoms with Crippen molar-refractivity contribution < 1.29 is 0 Å². The first-order valence-corrected chi connectivity index (χ1v) is 9.32. The molecule has 4 heteroatoms. The summed E-state index contributed by atoms with van der Waals surface area (Å²) in [6, 6.07) is 1.25. The maximum atomic E-state index is 4.72. The lowest BCUT2D eigenvalue weighted by Crippen LogP contribution is -2.34. The Morgan fingerprint density at radius 3 is 2.62 bits per heavy atom. The van der Waals surface area contributed by atoms with Crippen molar-refractivity contribution >= 4 is 16.5 Å². The fourth-order valence-electron chi connectivity index (χ4n) is 2.86. The van der Waals surface area contributed by atoms with Gasteiger partial charge in [0.05, 0.1) is 0 Å². The average molecular weight is 310 g/mol. The molecule has 0 unspecified atom stereocenters. The van der Waals surface area contributed by atoms with Gasteiger partial charge in [0.1, 0.15) is 0 Å². The molecule has 1 aromatic rings.